The van der Waals surface area contributed by atoms with Crippen LogP contribution in [0, 0.1) is 0 Å². The van der Waals surface area contributed by atoms with Gasteiger partial charge in [0.2, 0.25) is 0 Å². The summed E-state index contributed by atoms with van der Waals surface area (Å²) in [6.07, 6.45) is 1.73. The van der Waals surface area contributed by atoms with E-state index >= 15 is 0 Å². The zero-order valence-corrected chi connectivity index (χ0v) is 15.4. The topological polar surface area (TPSA) is 38.3 Å². The molecular weight excluding hydrogens is 350 g/mol. The van der Waals surface area contributed by atoms with Crippen molar-refractivity contribution in [2.45, 2.75) is 44.0 Å². The Bertz CT molecular complexity index is 456. The number of esters is 1. The van der Waals surface area contributed by atoms with Gasteiger partial charge in [-0.1, -0.05) is 19.1 Å². The van der Waals surface area contributed by atoms with Gasteiger partial charge in [0.25, 0.3) is 0 Å². The van der Waals surface area contributed by atoms with Crippen molar-refractivity contribution in [1.29, 1.82) is 0 Å². The van der Waals surface area contributed by atoms with Gasteiger partial charge in [-0.25, -0.2) is 0 Å². The molecule has 0 aliphatic heterocycles. The Hall–Kier alpha value is -0.520. The first-order valence-corrected chi connectivity index (χ1v) is 9.11. The van der Waals surface area contributed by atoms with Gasteiger partial charge in [0.15, 0.2) is 0 Å². The van der Waals surface area contributed by atoms with Crippen LogP contribution in [0.2, 0.25) is 0 Å². The van der Waals surface area contributed by atoms with Gasteiger partial charge in [0, 0.05) is 15.1 Å². The summed E-state index contributed by atoms with van der Waals surface area (Å²) in [6.45, 7) is 7.10. The van der Waals surface area contributed by atoms with E-state index in [1.807, 2.05) is 32.0 Å². The Morgan fingerprint density at radius 3 is 2.71 bits per heavy atom. The van der Waals surface area contributed by atoms with Crippen LogP contribution < -0.4 is 5.32 Å². The molecule has 1 rings (SSSR count). The first-order valence-electron chi connectivity index (χ1n) is 7.33. The molecule has 0 saturated carbocycles. The fourth-order valence-electron chi connectivity index (χ4n) is 1.88. The van der Waals surface area contributed by atoms with E-state index in [2.05, 4.69) is 34.2 Å². The molecule has 1 aromatic rings. The van der Waals surface area contributed by atoms with Crippen LogP contribution in [0.1, 0.15) is 33.6 Å². The van der Waals surface area contributed by atoms with E-state index in [1.165, 1.54) is 4.90 Å². The number of hydrogen-bond acceptors (Lipinski definition) is 4. The molecule has 118 valence electrons. The average molecular weight is 374 g/mol. The second-order valence-corrected chi connectivity index (χ2v) is 7.00. The molecule has 1 N–H and O–H groups in total. The van der Waals surface area contributed by atoms with Crippen molar-refractivity contribution in [3.63, 3.8) is 0 Å². The van der Waals surface area contributed by atoms with Gasteiger partial charge in [0.1, 0.15) is 5.54 Å². The van der Waals surface area contributed by atoms with Crippen LogP contribution >= 0.6 is 27.7 Å². The molecular formula is C16H24BrNO2S. The third kappa shape index (κ3) is 6.01. The third-order valence-electron chi connectivity index (χ3n) is 3.19. The number of hydrogen-bond donors (Lipinski definition) is 1. The molecule has 0 bridgehead atoms. The lowest BCUT2D eigenvalue weighted by molar-refractivity contribution is -0.150. The smallest absolute Gasteiger partial charge is 0.326 e. The molecule has 3 nitrogen and oxygen atoms in total. The summed E-state index contributed by atoms with van der Waals surface area (Å²) in [5.41, 5.74) is -0.611. The van der Waals surface area contributed by atoms with E-state index in [0.29, 0.717) is 6.61 Å². The van der Waals surface area contributed by atoms with Crippen molar-refractivity contribution in [2.24, 2.45) is 0 Å². The highest BCUT2D eigenvalue weighted by atomic mass is 79.9. The summed E-state index contributed by atoms with van der Waals surface area (Å²) < 4.78 is 6.30. The molecule has 0 radical (unpaired) electrons. The SMILES string of the molecule is CCCNC(C)(CCSc1ccccc1Br)C(=O)OCC. The molecule has 0 aromatic heterocycles. The molecule has 1 aromatic carbocycles. The van der Waals surface area contributed by atoms with E-state index in [9.17, 15) is 4.79 Å². The fourth-order valence-corrected chi connectivity index (χ4v) is 3.62. The zero-order valence-electron chi connectivity index (χ0n) is 12.9. The first kappa shape index (κ1) is 18.5. The molecule has 21 heavy (non-hydrogen) atoms. The van der Waals surface area contributed by atoms with E-state index in [1.54, 1.807) is 11.8 Å². The third-order valence-corrected chi connectivity index (χ3v) is 5.22. The van der Waals surface area contributed by atoms with Gasteiger partial charge < -0.3 is 10.1 Å². The second kappa shape index (κ2) is 9.49. The van der Waals surface area contributed by atoms with Crippen molar-refractivity contribution in [2.75, 3.05) is 18.9 Å². The van der Waals surface area contributed by atoms with Gasteiger partial charge in [-0.3, -0.25) is 4.79 Å². The van der Waals surface area contributed by atoms with Crippen molar-refractivity contribution >= 4 is 33.7 Å². The predicted octanol–water partition coefficient (Wildman–Crippen LogP) is 4.25. The Balaban J connectivity index is 2.60. The molecule has 1 atom stereocenters. The molecule has 0 amide bonds. The van der Waals surface area contributed by atoms with Crippen LogP contribution in [-0.2, 0) is 9.53 Å². The lowest BCUT2D eigenvalue weighted by atomic mass is 9.99. The van der Waals surface area contributed by atoms with Crippen molar-refractivity contribution in [1.82, 2.24) is 5.32 Å². The van der Waals surface area contributed by atoms with Gasteiger partial charge in [-0.05, 0) is 61.3 Å². The number of benzene rings is 1. The number of carbonyl (C=O) groups is 1. The first-order chi connectivity index (χ1) is 10.0. The molecule has 5 heteroatoms. The minimum absolute atomic E-state index is 0.161. The number of carbonyl (C=O) groups excluding carboxylic acids is 1. The highest BCUT2D eigenvalue weighted by Gasteiger charge is 2.33. The van der Waals surface area contributed by atoms with Gasteiger partial charge in [-0.15, -0.1) is 11.8 Å². The maximum absolute atomic E-state index is 12.2. The maximum atomic E-state index is 12.2. The minimum atomic E-state index is -0.611. The Morgan fingerprint density at radius 1 is 1.38 bits per heavy atom. The van der Waals surface area contributed by atoms with Crippen molar-refractivity contribution in [3.05, 3.63) is 28.7 Å². The van der Waals surface area contributed by atoms with Crippen LogP contribution in [0.3, 0.4) is 0 Å². The number of rotatable bonds is 9. The molecule has 0 aliphatic rings. The summed E-state index contributed by atoms with van der Waals surface area (Å²) in [5, 5.41) is 3.33. The Kier molecular flexibility index (Phi) is 8.37. The van der Waals surface area contributed by atoms with E-state index in [-0.39, 0.29) is 5.97 Å². The Labute approximate surface area is 140 Å². The van der Waals surface area contributed by atoms with Crippen LogP contribution in [0.15, 0.2) is 33.6 Å². The maximum Gasteiger partial charge on any atom is 0.326 e. The normalized spacial score (nSPS) is 13.7. The molecule has 0 saturated heterocycles. The van der Waals surface area contributed by atoms with Crippen LogP contribution in [-0.4, -0.2) is 30.4 Å². The van der Waals surface area contributed by atoms with E-state index < -0.39 is 5.54 Å². The highest BCUT2D eigenvalue weighted by Crippen LogP contribution is 2.29. The molecule has 0 heterocycles. The van der Waals surface area contributed by atoms with Crippen LogP contribution in [0.5, 0.6) is 0 Å². The van der Waals surface area contributed by atoms with Gasteiger partial charge in [-0.2, -0.15) is 0 Å². The summed E-state index contributed by atoms with van der Waals surface area (Å²) in [5.74, 6) is 0.695. The highest BCUT2D eigenvalue weighted by molar-refractivity contribution is 9.10. The Morgan fingerprint density at radius 2 is 2.10 bits per heavy atom. The van der Waals surface area contributed by atoms with Crippen LogP contribution in [0.4, 0.5) is 0 Å². The summed E-state index contributed by atoms with van der Waals surface area (Å²) >= 11 is 5.29. The van der Waals surface area contributed by atoms with Gasteiger partial charge in [0.05, 0.1) is 6.61 Å². The van der Waals surface area contributed by atoms with Gasteiger partial charge >= 0.3 is 5.97 Å². The predicted molar refractivity (Wildman–Crippen MR) is 92.8 cm³/mol. The van der Waals surface area contributed by atoms with Crippen molar-refractivity contribution in [3.8, 4) is 0 Å². The number of thioether (sulfide) groups is 1. The fraction of sp³-hybridized carbons (Fsp3) is 0.562. The van der Waals surface area contributed by atoms with E-state index in [0.717, 1.165) is 29.6 Å². The summed E-state index contributed by atoms with van der Waals surface area (Å²) in [7, 11) is 0. The quantitative estimate of drug-likeness (QED) is 0.518. The summed E-state index contributed by atoms with van der Waals surface area (Å²) in [4.78, 5) is 13.4. The monoisotopic (exact) mass is 373 g/mol. The standard InChI is InChI=1S/C16H24BrNO2S/c1-4-11-18-16(3,15(19)20-5-2)10-12-21-14-9-7-6-8-13(14)17/h6-9,18H,4-5,10-12H2,1-3H3. The van der Waals surface area contributed by atoms with Crippen LogP contribution in [0.25, 0.3) is 0 Å². The zero-order chi connectivity index (χ0) is 15.7. The number of halogens is 1. The molecule has 0 spiro atoms. The lowest BCUT2D eigenvalue weighted by Gasteiger charge is -2.28. The van der Waals surface area contributed by atoms with E-state index in [4.69, 9.17) is 4.74 Å². The summed E-state index contributed by atoms with van der Waals surface area (Å²) in [6, 6.07) is 8.13. The van der Waals surface area contributed by atoms with Crippen molar-refractivity contribution < 1.29 is 9.53 Å². The largest absolute Gasteiger partial charge is 0.465 e. The average Bonchev–Trinajstić information content (AvgIpc) is 2.47. The lowest BCUT2D eigenvalue weighted by Crippen LogP contribution is -2.51. The molecule has 0 aliphatic carbocycles. The number of ether oxygens (including phenoxy) is 1. The molecule has 1 unspecified atom stereocenters. The second-order valence-electron chi connectivity index (χ2n) is 5.01. The number of nitrogens with one attached hydrogen (secondary N) is 1. The molecule has 0 fully saturated rings. The minimum Gasteiger partial charge on any atom is -0.465 e.